The highest BCUT2D eigenvalue weighted by Crippen LogP contribution is 2.21. The summed E-state index contributed by atoms with van der Waals surface area (Å²) < 4.78 is 0. The van der Waals surface area contributed by atoms with Crippen LogP contribution >= 0.6 is 0 Å². The van der Waals surface area contributed by atoms with E-state index in [-0.39, 0.29) is 82.5 Å². The number of nitrogens with zero attached hydrogens (tertiary/aromatic N) is 4. The van der Waals surface area contributed by atoms with E-state index >= 15 is 0 Å². The highest BCUT2D eigenvalue weighted by Gasteiger charge is 2.40. The van der Waals surface area contributed by atoms with Gasteiger partial charge in [-0.15, -0.1) is 0 Å². The predicted octanol–water partition coefficient (Wildman–Crippen LogP) is -4.76. The Labute approximate surface area is 460 Å². The van der Waals surface area contributed by atoms with E-state index in [1.165, 1.54) is 36.2 Å². The van der Waals surface area contributed by atoms with Gasteiger partial charge in [-0.3, -0.25) is 57.7 Å². The summed E-state index contributed by atoms with van der Waals surface area (Å²) in [5.41, 5.74) is 22.6. The number of aliphatic hydroxyl groups is 1. The van der Waals surface area contributed by atoms with Crippen LogP contribution in [0.1, 0.15) is 118 Å². The maximum absolute atomic E-state index is 14.2. The van der Waals surface area contributed by atoms with E-state index in [1.54, 1.807) is 13.8 Å². The summed E-state index contributed by atoms with van der Waals surface area (Å²) in [7, 11) is 0. The van der Waals surface area contributed by atoms with Gasteiger partial charge in [0.2, 0.25) is 65.0 Å². The number of guanidine groups is 1. The lowest BCUT2D eigenvalue weighted by molar-refractivity contribution is -0.141. The molecule has 0 aliphatic carbocycles. The largest absolute Gasteiger partial charge is 0.394 e. The molecule has 1 aromatic rings. The minimum atomic E-state index is -1.69. The average molecular weight is 1120 g/mol. The molecule has 2 saturated heterocycles. The lowest BCUT2D eigenvalue weighted by Gasteiger charge is -2.29. The van der Waals surface area contributed by atoms with Crippen molar-refractivity contribution in [2.24, 2.45) is 39.8 Å². The molecule has 1 aromatic heterocycles. The van der Waals surface area contributed by atoms with Crippen molar-refractivity contribution in [3.63, 3.8) is 0 Å². The van der Waals surface area contributed by atoms with Crippen molar-refractivity contribution >= 4 is 70.9 Å². The fourth-order valence-corrected chi connectivity index (χ4v) is 9.24. The second kappa shape index (κ2) is 33.1. The number of rotatable bonds is 33. The van der Waals surface area contributed by atoms with Crippen molar-refractivity contribution in [1.82, 2.24) is 62.3 Å². The van der Waals surface area contributed by atoms with Crippen LogP contribution in [0.3, 0.4) is 0 Å². The van der Waals surface area contributed by atoms with Gasteiger partial charge < -0.3 is 85.4 Å². The zero-order chi connectivity index (χ0) is 58.9. The molecule has 0 radical (unpaired) electrons. The molecule has 2 aliphatic heterocycles. The molecular weight excluding hydrogens is 1030 g/mol. The van der Waals surface area contributed by atoms with E-state index in [0.717, 1.165) is 0 Å². The number of hydrogen-bond acceptors (Lipinski definition) is 15. The van der Waals surface area contributed by atoms with Crippen LogP contribution in [0.2, 0.25) is 0 Å². The van der Waals surface area contributed by atoms with Gasteiger partial charge in [0, 0.05) is 44.9 Å². The van der Waals surface area contributed by atoms with Crippen molar-refractivity contribution in [2.45, 2.75) is 173 Å². The third kappa shape index (κ3) is 22.1. The number of aliphatic imine (C=N–C) groups is 1. The van der Waals surface area contributed by atoms with E-state index in [0.29, 0.717) is 44.2 Å². The van der Waals surface area contributed by atoms with Crippen LogP contribution in [-0.4, -0.2) is 190 Å². The molecule has 29 nitrogen and oxygen atoms in total. The molecule has 2 aliphatic rings. The first kappa shape index (κ1) is 65.9. The first-order chi connectivity index (χ1) is 37.4. The summed E-state index contributed by atoms with van der Waals surface area (Å²) in [4.78, 5) is 161. The lowest BCUT2D eigenvalue weighted by Crippen LogP contribution is -2.61. The first-order valence-electron chi connectivity index (χ1n) is 27.0. The Hall–Kier alpha value is -7.43. The summed E-state index contributed by atoms with van der Waals surface area (Å²) >= 11 is 0. The van der Waals surface area contributed by atoms with E-state index < -0.39 is 133 Å². The van der Waals surface area contributed by atoms with Gasteiger partial charge in [0.15, 0.2) is 5.96 Å². The van der Waals surface area contributed by atoms with Crippen LogP contribution < -0.4 is 65.5 Å². The smallest absolute Gasteiger partial charge is 0.245 e. The van der Waals surface area contributed by atoms with Crippen molar-refractivity contribution in [3.8, 4) is 0 Å². The normalized spacial score (nSPS) is 17.7. The molecule has 442 valence electrons. The Morgan fingerprint density at radius 2 is 1.19 bits per heavy atom. The molecular formula is C50H85N17O12. The van der Waals surface area contributed by atoms with Gasteiger partial charge in [-0.05, 0) is 95.9 Å². The Balaban J connectivity index is 1.79. The quantitative estimate of drug-likeness (QED) is 0.0179. The van der Waals surface area contributed by atoms with Crippen LogP contribution in [-0.2, 0) is 59.2 Å². The number of carbonyl (C=O) groups is 11. The molecule has 0 spiro atoms. The lowest BCUT2D eigenvalue weighted by atomic mass is 10.0. The number of primary amides is 1. The molecule has 0 unspecified atom stereocenters. The molecule has 0 bridgehead atoms. The Kier molecular flexibility index (Phi) is 27.6. The van der Waals surface area contributed by atoms with E-state index in [1.807, 2.05) is 13.8 Å². The molecule has 3 rings (SSSR count). The Bertz CT molecular complexity index is 2280. The standard InChI is InChI=1S/C50H85N17O12/c1-27(2)20-34(41(52)71)62-47(77)38-14-10-18-66(38)40(70)24-57-42(72)32(12-7-8-16-51)60-45(75)36(22-31-23-55-26-58-31)64-46(76)37(25-68)65-44(74)35(21-28(3)4)63-43(73)33(13-9-17-56-50(53)54)61-48(78)39-15-11-19-67(39)49(79)29(5)59-30(6)69/h23,26-29,32-39,68H,7-22,24-25,51H2,1-6H3,(H2,52,71)(H,55,58)(H,57,72)(H,59,69)(H,60,75)(H,61,78)(H,62,77)(H,63,73)(H,64,76)(H,65,74)(H4,53,54,56)/t29-,32-,33-,34-,35-,36-,37-,38-,39-/m0/s1. The number of imidazole rings is 1. The molecule has 0 saturated carbocycles. The number of carbonyl (C=O) groups excluding carboxylic acids is 11. The minimum Gasteiger partial charge on any atom is -0.394 e. The number of aromatic nitrogens is 2. The number of H-pyrrole nitrogens is 1. The maximum atomic E-state index is 14.2. The molecule has 2 fully saturated rings. The zero-order valence-corrected chi connectivity index (χ0v) is 46.3. The average Bonchev–Trinajstić information content (AvgIpc) is 4.24. The molecule has 3 heterocycles. The van der Waals surface area contributed by atoms with Gasteiger partial charge in [-0.1, -0.05) is 27.7 Å². The number of nitrogens with one attached hydrogen (secondary N) is 9. The second-order valence-electron chi connectivity index (χ2n) is 20.8. The predicted molar refractivity (Wildman–Crippen MR) is 288 cm³/mol. The Morgan fingerprint density at radius 3 is 1.76 bits per heavy atom. The van der Waals surface area contributed by atoms with Gasteiger partial charge in [-0.25, -0.2) is 4.98 Å². The number of aromatic amines is 1. The zero-order valence-electron chi connectivity index (χ0n) is 46.3. The maximum Gasteiger partial charge on any atom is 0.245 e. The van der Waals surface area contributed by atoms with Crippen LogP contribution in [0, 0.1) is 11.8 Å². The van der Waals surface area contributed by atoms with Gasteiger partial charge in [0.05, 0.1) is 19.5 Å². The summed E-state index contributed by atoms with van der Waals surface area (Å²) in [5.74, 6) is -8.14. The monoisotopic (exact) mass is 1120 g/mol. The fraction of sp³-hybridized carbons (Fsp3) is 0.700. The van der Waals surface area contributed by atoms with Crippen molar-refractivity contribution in [1.29, 1.82) is 0 Å². The van der Waals surface area contributed by atoms with Crippen molar-refractivity contribution < 1.29 is 57.8 Å². The number of likely N-dealkylation sites (tertiary alicyclic amines) is 2. The van der Waals surface area contributed by atoms with Gasteiger partial charge in [0.25, 0.3) is 0 Å². The number of aliphatic hydroxyl groups excluding tert-OH is 1. The van der Waals surface area contributed by atoms with Crippen molar-refractivity contribution in [2.75, 3.05) is 39.3 Å². The molecule has 11 amide bonds. The van der Waals surface area contributed by atoms with Crippen LogP contribution in [0.25, 0.3) is 0 Å². The minimum absolute atomic E-state index is 0.0124. The molecule has 79 heavy (non-hydrogen) atoms. The summed E-state index contributed by atoms with van der Waals surface area (Å²) in [6, 6.07) is -10.8. The van der Waals surface area contributed by atoms with E-state index in [4.69, 9.17) is 22.9 Å². The molecule has 29 heteroatoms. The third-order valence-corrected chi connectivity index (χ3v) is 13.2. The topological polar surface area (TPSA) is 456 Å². The Morgan fingerprint density at radius 1 is 0.671 bits per heavy atom. The number of unbranched alkanes of at least 4 members (excludes halogenated alkanes) is 1. The van der Waals surface area contributed by atoms with Gasteiger partial charge >= 0.3 is 0 Å². The number of amides is 11. The van der Waals surface area contributed by atoms with Gasteiger partial charge in [-0.2, -0.15) is 0 Å². The fourth-order valence-electron chi connectivity index (χ4n) is 9.24. The van der Waals surface area contributed by atoms with Crippen molar-refractivity contribution in [3.05, 3.63) is 18.2 Å². The van der Waals surface area contributed by atoms with Crippen LogP contribution in [0.15, 0.2) is 17.5 Å². The summed E-state index contributed by atoms with van der Waals surface area (Å²) in [5, 5.41) is 31.2. The number of nitrogens with two attached hydrogens (primary N) is 4. The SMILES string of the molecule is CC(=O)N[C@@H](C)C(=O)N1CCC[C@H]1C(=O)N[C@@H](CCCN=C(N)N)C(=O)N[C@@H](CC(C)C)C(=O)N[C@@H](CO)C(=O)N[C@@H](Cc1cnc[nH]1)C(=O)N[C@@H](CCCCN)C(=O)NCC(=O)N1CCC[C@H]1C(=O)N[C@@H](CC(C)C)C(N)=O. The molecule has 18 N–H and O–H groups in total. The van der Waals surface area contributed by atoms with Gasteiger partial charge in [0.1, 0.15) is 54.4 Å². The highest BCUT2D eigenvalue weighted by molar-refractivity contribution is 5.98. The third-order valence-electron chi connectivity index (χ3n) is 13.2. The first-order valence-corrected chi connectivity index (χ1v) is 27.0. The van der Waals surface area contributed by atoms with Crippen LogP contribution in [0.4, 0.5) is 0 Å². The summed E-state index contributed by atoms with van der Waals surface area (Å²) in [6.07, 6.45) is 5.47. The number of hydrogen-bond donors (Lipinski definition) is 14. The van der Waals surface area contributed by atoms with Crippen LogP contribution in [0.5, 0.6) is 0 Å². The van der Waals surface area contributed by atoms with E-state index in [9.17, 15) is 57.8 Å². The second-order valence-corrected chi connectivity index (χ2v) is 20.8. The highest BCUT2D eigenvalue weighted by atomic mass is 16.3. The molecule has 9 atom stereocenters. The summed E-state index contributed by atoms with van der Waals surface area (Å²) in [6.45, 7) is 9.31. The molecule has 0 aromatic carbocycles. The van der Waals surface area contributed by atoms with E-state index in [2.05, 4.69) is 57.5 Å².